The number of ether oxygens (including phenoxy) is 1. The van der Waals surface area contributed by atoms with Crippen molar-refractivity contribution in [1.29, 1.82) is 0 Å². The number of aliphatic hydroxyl groups is 1. The first kappa shape index (κ1) is 22.1. The third kappa shape index (κ3) is 2.42. The number of aliphatic hydroxyl groups excluding tert-OH is 1. The Hall–Kier alpha value is -2.09. The van der Waals surface area contributed by atoms with Crippen LogP contribution in [0.3, 0.4) is 0 Å². The van der Waals surface area contributed by atoms with Gasteiger partial charge >= 0.3 is 11.9 Å². The zero-order valence-corrected chi connectivity index (χ0v) is 18.0. The number of carbonyl (C=O) groups excluding carboxylic acids is 2. The largest absolute Gasteiger partial charge is 0.478 e. The van der Waals surface area contributed by atoms with Gasteiger partial charge in [0.25, 0.3) is 0 Å². The highest BCUT2D eigenvalue weighted by Crippen LogP contribution is 2.71. The Morgan fingerprint density at radius 1 is 1.23 bits per heavy atom. The van der Waals surface area contributed by atoms with Crippen molar-refractivity contribution in [2.45, 2.75) is 70.5 Å². The fourth-order valence-corrected chi connectivity index (χ4v) is 7.47. The molecule has 8 heteroatoms. The monoisotopic (exact) mass is 438 g/mol. The van der Waals surface area contributed by atoms with E-state index in [1.165, 1.54) is 19.1 Å². The van der Waals surface area contributed by atoms with E-state index in [9.17, 15) is 24.6 Å². The van der Waals surface area contributed by atoms with E-state index in [1.54, 1.807) is 13.8 Å². The summed E-state index contributed by atoms with van der Waals surface area (Å²) in [5, 5.41) is 21.4. The van der Waals surface area contributed by atoms with Crippen molar-refractivity contribution >= 4 is 17.7 Å². The number of alkyl halides is 2. The lowest BCUT2D eigenvalue weighted by atomic mass is 9.44. The predicted octanol–water partition coefficient (Wildman–Crippen LogP) is 2.94. The third-order valence-corrected chi connectivity index (χ3v) is 8.79. The van der Waals surface area contributed by atoms with E-state index in [1.807, 2.05) is 0 Å². The maximum atomic E-state index is 17.0. The third-order valence-electron chi connectivity index (χ3n) is 8.79. The van der Waals surface area contributed by atoms with Crippen molar-refractivity contribution in [3.8, 4) is 0 Å². The molecule has 0 amide bonds. The zero-order valence-electron chi connectivity index (χ0n) is 18.0. The highest BCUT2D eigenvalue weighted by molar-refractivity contribution is 6.01. The summed E-state index contributed by atoms with van der Waals surface area (Å²) in [7, 11) is 0. The molecule has 0 spiro atoms. The number of fused-ring (bicyclic) bond motifs is 5. The van der Waals surface area contributed by atoms with Crippen LogP contribution in [0.15, 0.2) is 23.8 Å². The summed E-state index contributed by atoms with van der Waals surface area (Å²) in [6, 6.07) is 0. The van der Waals surface area contributed by atoms with Crippen molar-refractivity contribution in [3.63, 3.8) is 0 Å². The molecule has 3 saturated carbocycles. The van der Waals surface area contributed by atoms with Crippen LogP contribution < -0.4 is 0 Å². The van der Waals surface area contributed by atoms with Crippen LogP contribution >= 0.6 is 0 Å². The van der Waals surface area contributed by atoms with Gasteiger partial charge in [0.05, 0.1) is 6.10 Å². The zero-order chi connectivity index (χ0) is 23.1. The molecule has 6 nitrogen and oxygen atoms in total. The SMILES string of the molecule is CC(=O)O[C@]1(C(=O)O)[C@H](C)C[C@H]2[C@@H]3C[C@H](F)C4=CC(=O)C=C[C@]4(C)[C@@]3(F)C(O)C[C@@]21C. The molecule has 0 radical (unpaired) electrons. The number of carboxylic acids is 1. The van der Waals surface area contributed by atoms with Crippen LogP contribution in [-0.4, -0.2) is 51.5 Å². The first-order valence-corrected chi connectivity index (χ1v) is 10.6. The van der Waals surface area contributed by atoms with Crippen LogP contribution in [0.25, 0.3) is 0 Å². The van der Waals surface area contributed by atoms with Gasteiger partial charge in [-0.25, -0.2) is 13.6 Å². The molecule has 4 aliphatic rings. The molecule has 0 aromatic carbocycles. The van der Waals surface area contributed by atoms with Gasteiger partial charge in [-0.15, -0.1) is 0 Å². The van der Waals surface area contributed by atoms with Crippen LogP contribution in [0.1, 0.15) is 47.0 Å². The van der Waals surface area contributed by atoms with Gasteiger partial charge in [-0.2, -0.15) is 0 Å². The second-order valence-electron chi connectivity index (χ2n) is 10.1. The van der Waals surface area contributed by atoms with E-state index >= 15 is 8.78 Å². The fourth-order valence-electron chi connectivity index (χ4n) is 7.47. The average Bonchev–Trinajstić information content (AvgIpc) is 2.87. The average molecular weight is 438 g/mol. The lowest BCUT2D eigenvalue weighted by Crippen LogP contribution is -2.70. The van der Waals surface area contributed by atoms with Crippen LogP contribution in [0, 0.1) is 28.6 Å². The topological polar surface area (TPSA) is 101 Å². The van der Waals surface area contributed by atoms with Gasteiger partial charge in [-0.3, -0.25) is 9.59 Å². The van der Waals surface area contributed by atoms with E-state index in [2.05, 4.69) is 0 Å². The van der Waals surface area contributed by atoms with E-state index in [0.29, 0.717) is 0 Å². The van der Waals surface area contributed by atoms with Crippen LogP contribution in [0.4, 0.5) is 8.78 Å². The summed E-state index contributed by atoms with van der Waals surface area (Å²) in [4.78, 5) is 36.2. The smallest absolute Gasteiger partial charge is 0.349 e. The molecule has 1 unspecified atom stereocenters. The minimum atomic E-state index is -2.30. The van der Waals surface area contributed by atoms with Crippen molar-refractivity contribution in [3.05, 3.63) is 23.8 Å². The number of halogens is 2. The Labute approximate surface area is 179 Å². The number of aliphatic carboxylic acids is 1. The van der Waals surface area contributed by atoms with Crippen molar-refractivity contribution in [1.82, 2.24) is 0 Å². The van der Waals surface area contributed by atoms with Crippen molar-refractivity contribution in [2.24, 2.45) is 28.6 Å². The Bertz CT molecular complexity index is 929. The molecule has 9 atom stereocenters. The highest BCUT2D eigenvalue weighted by Gasteiger charge is 2.78. The maximum absolute atomic E-state index is 17.0. The number of carboxylic acid groups (broad SMARTS) is 1. The second kappa shape index (κ2) is 6.47. The number of esters is 1. The highest BCUT2D eigenvalue weighted by atomic mass is 19.1. The minimum absolute atomic E-state index is 0.0110. The first-order chi connectivity index (χ1) is 14.3. The quantitative estimate of drug-likeness (QED) is 0.643. The number of allylic oxidation sites excluding steroid dienone is 4. The minimum Gasteiger partial charge on any atom is -0.478 e. The normalized spacial score (nSPS) is 50.7. The number of rotatable bonds is 2. The Balaban J connectivity index is 1.89. The molecule has 3 fully saturated rings. The first-order valence-electron chi connectivity index (χ1n) is 10.6. The molecule has 0 aromatic heterocycles. The molecule has 0 aromatic rings. The van der Waals surface area contributed by atoms with Crippen LogP contribution in [0.5, 0.6) is 0 Å². The van der Waals surface area contributed by atoms with Gasteiger partial charge in [-0.05, 0) is 49.8 Å². The molecule has 170 valence electrons. The summed E-state index contributed by atoms with van der Waals surface area (Å²) in [5.41, 5.74) is -7.07. The van der Waals surface area contributed by atoms with E-state index in [0.717, 1.165) is 13.0 Å². The van der Waals surface area contributed by atoms with Crippen LogP contribution in [0.2, 0.25) is 0 Å². The van der Waals surface area contributed by atoms with Gasteiger partial charge in [-0.1, -0.05) is 19.9 Å². The second-order valence-corrected chi connectivity index (χ2v) is 10.1. The molecule has 0 aliphatic heterocycles. The standard InChI is InChI=1S/C23H28F2O6/c1-11-7-14-15-9-17(24)16-8-13(27)5-6-20(16,3)22(15,25)18(28)10-21(14,4)23(11,19(29)30)31-12(2)26/h5-6,8,11,14-15,17-18,28H,7,9-10H2,1-4H3,(H,29,30)/t11-,14+,15+,17+,18?,20+,21+,22+,23+/m1/s1. The number of ketones is 1. The van der Waals surface area contributed by atoms with Gasteiger partial charge in [0, 0.05) is 29.6 Å². The Morgan fingerprint density at radius 2 is 1.87 bits per heavy atom. The molecule has 0 saturated heterocycles. The lowest BCUT2D eigenvalue weighted by Gasteiger charge is -2.62. The van der Waals surface area contributed by atoms with Gasteiger partial charge in [0.2, 0.25) is 5.60 Å². The maximum Gasteiger partial charge on any atom is 0.349 e. The van der Waals surface area contributed by atoms with Crippen molar-refractivity contribution < 1.29 is 38.1 Å². The molecule has 31 heavy (non-hydrogen) atoms. The summed E-state index contributed by atoms with van der Waals surface area (Å²) in [5.74, 6) is -4.88. The fraction of sp³-hybridized carbons (Fsp3) is 0.696. The summed E-state index contributed by atoms with van der Waals surface area (Å²) in [6.07, 6.45) is 0.0600. The van der Waals surface area contributed by atoms with Crippen molar-refractivity contribution in [2.75, 3.05) is 0 Å². The van der Waals surface area contributed by atoms with Gasteiger partial charge < -0.3 is 14.9 Å². The molecule has 0 bridgehead atoms. The van der Waals surface area contributed by atoms with Gasteiger partial charge in [0.15, 0.2) is 11.5 Å². The molecular weight excluding hydrogens is 410 g/mol. The lowest BCUT2D eigenvalue weighted by molar-refractivity contribution is -0.236. The summed E-state index contributed by atoms with van der Waals surface area (Å²) in [6.45, 7) is 5.84. The molecule has 4 rings (SSSR count). The summed E-state index contributed by atoms with van der Waals surface area (Å²) >= 11 is 0. The molecule has 2 N–H and O–H groups in total. The Kier molecular flexibility index (Phi) is 4.61. The summed E-state index contributed by atoms with van der Waals surface area (Å²) < 4.78 is 37.8. The molecular formula is C23H28F2O6. The van der Waals surface area contributed by atoms with Crippen LogP contribution in [-0.2, 0) is 19.1 Å². The van der Waals surface area contributed by atoms with Gasteiger partial charge in [0.1, 0.15) is 6.17 Å². The van der Waals surface area contributed by atoms with E-state index in [4.69, 9.17) is 4.74 Å². The Morgan fingerprint density at radius 3 is 2.45 bits per heavy atom. The molecule has 0 heterocycles. The number of hydrogen-bond donors (Lipinski definition) is 2. The number of hydrogen-bond acceptors (Lipinski definition) is 5. The van der Waals surface area contributed by atoms with E-state index in [-0.39, 0.29) is 24.8 Å². The van der Waals surface area contributed by atoms with E-state index < -0.39 is 69.9 Å². The predicted molar refractivity (Wildman–Crippen MR) is 105 cm³/mol. The number of carbonyl (C=O) groups is 3. The molecule has 4 aliphatic carbocycles.